The van der Waals surface area contributed by atoms with Gasteiger partial charge in [0.25, 0.3) is 5.56 Å². The largest absolute Gasteiger partial charge is 0.493 e. The maximum atomic E-state index is 12.8. The van der Waals surface area contributed by atoms with Crippen LogP contribution >= 0.6 is 0 Å². The van der Waals surface area contributed by atoms with E-state index in [-0.39, 0.29) is 22.3 Å². The van der Waals surface area contributed by atoms with Crippen LogP contribution in [0.3, 0.4) is 0 Å². The van der Waals surface area contributed by atoms with Crippen molar-refractivity contribution < 1.29 is 22.7 Å². The van der Waals surface area contributed by atoms with Gasteiger partial charge in [-0.25, -0.2) is 13.2 Å². The van der Waals surface area contributed by atoms with Crippen molar-refractivity contribution in [1.82, 2.24) is 19.4 Å². The van der Waals surface area contributed by atoms with Crippen molar-refractivity contribution in [3.63, 3.8) is 0 Å². The summed E-state index contributed by atoms with van der Waals surface area (Å²) >= 11 is 0. The Bertz CT molecular complexity index is 1640. The molecule has 0 radical (unpaired) electrons. The summed E-state index contributed by atoms with van der Waals surface area (Å²) in [4.78, 5) is 32.6. The summed E-state index contributed by atoms with van der Waals surface area (Å²) in [6.45, 7) is 11.9. The maximum Gasteiger partial charge on any atom is 0.410 e. The summed E-state index contributed by atoms with van der Waals surface area (Å²) in [7, 11) is -1.75. The number of aromatic amines is 1. The topological polar surface area (TPSA) is 114 Å². The lowest BCUT2D eigenvalue weighted by Crippen LogP contribution is -2.50. The molecule has 1 unspecified atom stereocenters. The highest BCUT2D eigenvalue weighted by Gasteiger charge is 2.32. The number of ether oxygens (including phenoxy) is 2. The lowest BCUT2D eigenvalue weighted by molar-refractivity contribution is 0.0142. The summed E-state index contributed by atoms with van der Waals surface area (Å²) in [6, 6.07) is 6.91. The van der Waals surface area contributed by atoms with Crippen LogP contribution in [0.1, 0.15) is 53.4 Å². The molecule has 2 aromatic heterocycles. The zero-order chi connectivity index (χ0) is 31.6. The minimum atomic E-state index is -3.44. The molecule has 2 aliphatic rings. The van der Waals surface area contributed by atoms with Gasteiger partial charge in [-0.15, -0.1) is 0 Å². The van der Waals surface area contributed by atoms with Gasteiger partial charge in [-0.05, 0) is 89.1 Å². The minimum Gasteiger partial charge on any atom is -0.493 e. The first kappa shape index (κ1) is 32.1. The van der Waals surface area contributed by atoms with Gasteiger partial charge >= 0.3 is 6.09 Å². The Kier molecular flexibility index (Phi) is 9.46. The van der Waals surface area contributed by atoms with Crippen LogP contribution in [0.2, 0.25) is 0 Å². The van der Waals surface area contributed by atoms with Crippen molar-refractivity contribution in [2.24, 2.45) is 18.9 Å². The summed E-state index contributed by atoms with van der Waals surface area (Å²) in [5.74, 6) is 1.65. The Morgan fingerprint density at radius 2 is 1.82 bits per heavy atom. The van der Waals surface area contributed by atoms with Crippen LogP contribution in [0.15, 0.2) is 46.3 Å². The fraction of sp³-hybridized carbons (Fsp3) is 0.576. The third kappa shape index (κ3) is 7.48. The predicted octanol–water partition coefficient (Wildman–Crippen LogP) is 5.07. The van der Waals surface area contributed by atoms with Crippen LogP contribution in [0.5, 0.6) is 5.75 Å². The Morgan fingerprint density at radius 1 is 1.09 bits per heavy atom. The summed E-state index contributed by atoms with van der Waals surface area (Å²) < 4.78 is 39.2. The van der Waals surface area contributed by atoms with E-state index in [2.05, 4.69) is 9.88 Å². The molecule has 1 aliphatic heterocycles. The molecule has 1 aromatic carbocycles. The van der Waals surface area contributed by atoms with Gasteiger partial charge in [0, 0.05) is 62.1 Å². The predicted molar refractivity (Wildman–Crippen MR) is 172 cm³/mol. The van der Waals surface area contributed by atoms with Gasteiger partial charge in [-0.2, -0.15) is 0 Å². The van der Waals surface area contributed by atoms with Crippen LogP contribution < -0.4 is 10.3 Å². The lowest BCUT2D eigenvalue weighted by atomic mass is 9.98. The van der Waals surface area contributed by atoms with Gasteiger partial charge in [0.1, 0.15) is 16.9 Å². The Balaban J connectivity index is 1.26. The Labute approximate surface area is 260 Å². The second-order valence-electron chi connectivity index (χ2n) is 13.1. The molecule has 1 N–H and O–H groups in total. The van der Waals surface area contributed by atoms with Gasteiger partial charge in [0.05, 0.1) is 17.3 Å². The Morgan fingerprint density at radius 3 is 2.48 bits per heavy atom. The number of pyridine rings is 1. The number of fused-ring (bicyclic) bond motifs is 1. The fourth-order valence-corrected chi connectivity index (χ4v) is 6.87. The maximum absolute atomic E-state index is 12.8. The number of hydrogen-bond donors (Lipinski definition) is 1. The van der Waals surface area contributed by atoms with E-state index in [1.165, 1.54) is 17.4 Å². The first-order valence-electron chi connectivity index (χ1n) is 15.7. The highest BCUT2D eigenvalue weighted by atomic mass is 32.2. The number of rotatable bonds is 11. The second kappa shape index (κ2) is 13.0. The minimum absolute atomic E-state index is 0.000703. The number of aryl methyl sites for hydroxylation is 1. The molecule has 1 saturated carbocycles. The number of nitrogens with one attached hydrogen (secondary N) is 1. The molecular formula is C33H46N4O6S. The number of carbonyl (C=O) groups is 1. The Hall–Kier alpha value is -3.31. The number of sulfone groups is 1. The third-order valence-corrected chi connectivity index (χ3v) is 10.4. The van der Waals surface area contributed by atoms with Crippen LogP contribution in [-0.2, 0) is 21.6 Å². The zero-order valence-electron chi connectivity index (χ0n) is 26.6. The molecule has 10 nitrogen and oxygen atoms in total. The van der Waals surface area contributed by atoms with Crippen LogP contribution in [-0.4, -0.2) is 84.5 Å². The van der Waals surface area contributed by atoms with E-state index in [4.69, 9.17) is 9.47 Å². The molecular weight excluding hydrogens is 580 g/mol. The quantitative estimate of drug-likeness (QED) is 0.316. The summed E-state index contributed by atoms with van der Waals surface area (Å²) in [6.07, 6.45) is 7.73. The average Bonchev–Trinajstić information content (AvgIpc) is 3.71. The lowest BCUT2D eigenvalue weighted by Gasteiger charge is -2.35. The van der Waals surface area contributed by atoms with Gasteiger partial charge < -0.3 is 23.9 Å². The molecule has 5 rings (SSSR count). The molecule has 11 heteroatoms. The van der Waals surface area contributed by atoms with Crippen molar-refractivity contribution in [3.05, 3.63) is 47.0 Å². The summed E-state index contributed by atoms with van der Waals surface area (Å²) in [5.41, 5.74) is 1.26. The number of nitrogens with zero attached hydrogens (tertiary/aromatic N) is 3. The van der Waals surface area contributed by atoms with Crippen LogP contribution in [0.25, 0.3) is 22.0 Å². The number of aromatic nitrogens is 2. The standard InChI is InChI=1S/C33H46N4O6S/c1-6-44(40,41)25-11-12-29(27(20-25)28-21-35(5)31(38)30-26(28)13-14-34-30)42-22-24(23-9-10-23)8-7-15-36-16-18-37(19-17-36)32(39)43-33(2,3)4/h11-14,20-21,23-24,34H,6-10,15-19,22H2,1-5H3. The van der Waals surface area contributed by atoms with Gasteiger partial charge in [-0.1, -0.05) is 6.92 Å². The second-order valence-corrected chi connectivity index (χ2v) is 15.4. The van der Waals surface area contributed by atoms with Crippen LogP contribution in [0.4, 0.5) is 4.79 Å². The number of carbonyl (C=O) groups excluding carboxylic acids is 1. The van der Waals surface area contributed by atoms with Crippen molar-refractivity contribution in [2.45, 2.75) is 63.9 Å². The van der Waals surface area contributed by atoms with Crippen molar-refractivity contribution >= 4 is 26.8 Å². The molecule has 2 fully saturated rings. The van der Waals surface area contributed by atoms with Crippen molar-refractivity contribution in [1.29, 1.82) is 0 Å². The molecule has 44 heavy (non-hydrogen) atoms. The van der Waals surface area contributed by atoms with Gasteiger partial charge in [-0.3, -0.25) is 9.69 Å². The number of amides is 1. The fourth-order valence-electron chi connectivity index (χ4n) is 5.97. The molecule has 0 spiro atoms. The van der Waals surface area contributed by atoms with E-state index >= 15 is 0 Å². The molecule has 1 atom stereocenters. The molecule has 3 aromatic rings. The normalized spacial score (nSPS) is 17.2. The van der Waals surface area contributed by atoms with E-state index in [1.54, 1.807) is 49.5 Å². The van der Waals surface area contributed by atoms with E-state index in [1.807, 2.05) is 26.8 Å². The zero-order valence-corrected chi connectivity index (χ0v) is 27.4. The third-order valence-electron chi connectivity index (χ3n) is 8.69. The van der Waals surface area contributed by atoms with Crippen molar-refractivity contribution in [3.8, 4) is 16.9 Å². The summed E-state index contributed by atoms with van der Waals surface area (Å²) in [5, 5.41) is 0.731. The first-order chi connectivity index (χ1) is 20.9. The molecule has 0 bridgehead atoms. The molecule has 1 aliphatic carbocycles. The first-order valence-corrected chi connectivity index (χ1v) is 17.4. The number of benzene rings is 1. The van der Waals surface area contributed by atoms with Crippen molar-refractivity contribution in [2.75, 3.05) is 45.1 Å². The molecule has 240 valence electrons. The van der Waals surface area contributed by atoms with E-state index in [0.717, 1.165) is 43.4 Å². The number of piperazine rings is 1. The van der Waals surface area contributed by atoms with Gasteiger partial charge in [0.15, 0.2) is 9.84 Å². The highest BCUT2D eigenvalue weighted by Crippen LogP contribution is 2.41. The molecule has 1 saturated heterocycles. The molecule has 1 amide bonds. The SMILES string of the molecule is CCS(=O)(=O)c1ccc(OCC(CCCN2CCN(C(=O)OC(C)(C)C)CC2)C2CC2)c(-c2cn(C)c(=O)c3[nH]ccc23)c1. The van der Waals surface area contributed by atoms with E-state index in [0.29, 0.717) is 48.4 Å². The highest BCUT2D eigenvalue weighted by molar-refractivity contribution is 7.91. The number of hydrogen-bond acceptors (Lipinski definition) is 7. The van der Waals surface area contributed by atoms with E-state index < -0.39 is 15.4 Å². The average molecular weight is 627 g/mol. The number of H-pyrrole nitrogens is 1. The van der Waals surface area contributed by atoms with Gasteiger partial charge in [0.2, 0.25) is 0 Å². The van der Waals surface area contributed by atoms with Crippen LogP contribution in [0, 0.1) is 11.8 Å². The monoisotopic (exact) mass is 626 g/mol. The smallest absolute Gasteiger partial charge is 0.410 e. The van der Waals surface area contributed by atoms with E-state index in [9.17, 15) is 18.0 Å². The molecule has 3 heterocycles.